The van der Waals surface area contributed by atoms with Crippen LogP contribution in [0.25, 0.3) is 0 Å². The lowest BCUT2D eigenvalue weighted by atomic mass is 9.93. The molecule has 0 fully saturated rings. The Bertz CT molecular complexity index is 243. The van der Waals surface area contributed by atoms with Gasteiger partial charge in [-0.2, -0.15) is 0 Å². The predicted molar refractivity (Wildman–Crippen MR) is 134 cm³/mol. The summed E-state index contributed by atoms with van der Waals surface area (Å²) in [4.78, 5) is 0. The highest BCUT2D eigenvalue weighted by Gasteiger charge is 2.11. The van der Waals surface area contributed by atoms with E-state index in [9.17, 15) is 0 Å². The second kappa shape index (κ2) is 28.3. The van der Waals surface area contributed by atoms with E-state index in [4.69, 9.17) is 18.1 Å². The highest BCUT2D eigenvalue weighted by Crippen LogP contribution is 2.19. The van der Waals surface area contributed by atoms with Gasteiger partial charge >= 0.3 is 18.2 Å². The van der Waals surface area contributed by atoms with E-state index in [-0.39, 0.29) is 0 Å². The summed E-state index contributed by atoms with van der Waals surface area (Å²) < 4.78 is 0. The molecule has 0 aromatic carbocycles. The molecule has 0 heterocycles. The number of unbranched alkanes of at least 4 members (excludes halogenated alkanes) is 8. The van der Waals surface area contributed by atoms with Gasteiger partial charge < -0.3 is 23.5 Å². The highest BCUT2D eigenvalue weighted by atomic mass is 35.6. The molecule has 2 unspecified atom stereocenters. The quantitative estimate of drug-likeness (QED) is 0.144. The molecule has 0 saturated carbocycles. The molecule has 4 heteroatoms. The third-order valence-electron chi connectivity index (χ3n) is 5.73. The van der Waals surface area contributed by atoms with Crippen LogP contribution in [-0.4, -0.2) is 31.3 Å². The summed E-state index contributed by atoms with van der Waals surface area (Å²) in [7, 11) is 9.81. The van der Waals surface area contributed by atoms with Crippen LogP contribution >= 0.6 is 18.1 Å². The summed E-state index contributed by atoms with van der Waals surface area (Å²) in [6.45, 7) is 11.8. The minimum absolute atomic E-state index is 0.639. The van der Waals surface area contributed by atoms with Crippen molar-refractivity contribution in [2.24, 2.45) is 11.8 Å². The number of hydrogen-bond donors (Lipinski definition) is 1. The topological polar surface area (TPSA) is 12.0 Å². The van der Waals surface area contributed by atoms with Gasteiger partial charge in [0.05, 0.1) is 0 Å². The molecule has 0 aliphatic carbocycles. The van der Waals surface area contributed by atoms with Gasteiger partial charge in [-0.1, -0.05) is 105 Å². The van der Waals surface area contributed by atoms with Gasteiger partial charge in [-0.15, -0.1) is 0 Å². The minimum Gasteiger partial charge on any atom is -0.316 e. The Labute approximate surface area is 196 Å². The molecule has 28 heavy (non-hydrogen) atoms. The third-order valence-corrected chi connectivity index (χ3v) is 5.73. The van der Waals surface area contributed by atoms with Crippen LogP contribution in [0.15, 0.2) is 0 Å². The Hall–Kier alpha value is 1.31. The van der Waals surface area contributed by atoms with Gasteiger partial charge in [0.15, 0.2) is 0 Å². The fourth-order valence-electron chi connectivity index (χ4n) is 3.89. The van der Waals surface area contributed by atoms with E-state index in [0.29, 0.717) is 0 Å². The first kappa shape index (κ1) is 31.5. The molecule has 0 aliphatic rings. The molecule has 0 aromatic rings. The number of rotatable bonds is 20. The molecule has 0 rings (SSSR count). The van der Waals surface area contributed by atoms with Crippen LogP contribution in [-0.2, 0) is 0 Å². The molecule has 0 bridgehead atoms. The minimum atomic E-state index is -0.639. The van der Waals surface area contributed by atoms with Crippen molar-refractivity contribution in [1.29, 1.82) is 0 Å². The summed E-state index contributed by atoms with van der Waals surface area (Å²) in [6, 6.07) is 0. The summed E-state index contributed by atoms with van der Waals surface area (Å²) >= 11 is -0.639. The molecule has 2 atom stereocenters. The second-order valence-electron chi connectivity index (χ2n) is 8.47. The van der Waals surface area contributed by atoms with Crippen LogP contribution in [0.4, 0.5) is 0 Å². The normalized spacial score (nSPS) is 12.8. The van der Waals surface area contributed by atoms with Crippen molar-refractivity contribution < 1.29 is 0 Å². The van der Waals surface area contributed by atoms with E-state index in [0.717, 1.165) is 11.8 Å². The first-order chi connectivity index (χ1) is 13.7. The maximum absolute atomic E-state index is 4.90. The van der Waals surface area contributed by atoms with Crippen molar-refractivity contribution in [2.75, 3.05) is 13.1 Å². The molecule has 0 aliphatic heterocycles. The summed E-state index contributed by atoms with van der Waals surface area (Å²) in [5.41, 5.74) is 0. The number of hydrogen-bond acceptors (Lipinski definition) is 1. The molecule has 1 N–H and O–H groups in total. The smallest absolute Gasteiger partial charge is 0.316 e. The van der Waals surface area contributed by atoms with E-state index >= 15 is 0 Å². The second-order valence-corrected chi connectivity index (χ2v) is 11.1. The first-order valence-electron chi connectivity index (χ1n) is 12.5. The Morgan fingerprint density at radius 3 is 1.18 bits per heavy atom. The fraction of sp³-hybridized carbons (Fsp3) is 1.00. The van der Waals surface area contributed by atoms with Gasteiger partial charge in [0.1, 0.15) is 0 Å². The van der Waals surface area contributed by atoms with Crippen molar-refractivity contribution in [1.82, 2.24) is 5.32 Å². The lowest BCUT2D eigenvalue weighted by Crippen LogP contribution is -2.28. The molecule has 0 radical (unpaired) electrons. The van der Waals surface area contributed by atoms with Crippen LogP contribution in [0.1, 0.15) is 130 Å². The molecular weight excluding hydrogens is 397 g/mol. The van der Waals surface area contributed by atoms with Crippen molar-refractivity contribution in [3.8, 4) is 0 Å². The highest BCUT2D eigenvalue weighted by molar-refractivity contribution is 7.22. The summed E-state index contributed by atoms with van der Waals surface area (Å²) in [5, 5.41) is 3.89. The summed E-state index contributed by atoms with van der Waals surface area (Å²) in [6.07, 6.45) is 22.6. The van der Waals surface area contributed by atoms with Gasteiger partial charge in [0.2, 0.25) is 0 Å². The average molecular weight is 449 g/mol. The van der Waals surface area contributed by atoms with Crippen LogP contribution < -0.4 is 5.32 Å². The third kappa shape index (κ3) is 25.3. The average Bonchev–Trinajstić information content (AvgIpc) is 2.70. The van der Waals surface area contributed by atoms with Crippen molar-refractivity contribution >= 4 is 36.3 Å². The van der Waals surface area contributed by atoms with Gasteiger partial charge in [-0.05, 0) is 50.6 Å². The predicted octanol–water partition coefficient (Wildman–Crippen LogP) is 9.13. The zero-order valence-corrected chi connectivity index (χ0v) is 22.8. The van der Waals surface area contributed by atoms with Gasteiger partial charge in [0.25, 0.3) is 0 Å². The maximum Gasteiger partial charge on any atom is 0.618 e. The summed E-state index contributed by atoms with van der Waals surface area (Å²) in [5.74, 6) is 1.84. The molecule has 0 amide bonds. The molecule has 0 saturated heterocycles. The molecule has 168 valence electrons. The SMILES string of the molecule is CCCCCCC(CCCC)CNCC(CCCC)CCCCCC.[Cl][Mg][Cl]. The molecular formula is C24H51Cl2MgN. The standard InChI is InChI=1S/C24H51N.2ClH.Mg/c1-5-9-13-15-19-23(17-11-7-3)21-25-22-24(18-12-8-4)20-16-14-10-6-2;;;/h23-25H,5-22H2,1-4H3;2*1H;/q;;;+2/p-2. The van der Waals surface area contributed by atoms with Gasteiger partial charge in [-0.3, -0.25) is 0 Å². The Kier molecular flexibility index (Phi) is 31.8. The zero-order chi connectivity index (χ0) is 21.3. The lowest BCUT2D eigenvalue weighted by Gasteiger charge is -2.21. The van der Waals surface area contributed by atoms with E-state index in [1.165, 1.54) is 116 Å². The van der Waals surface area contributed by atoms with E-state index in [2.05, 4.69) is 33.0 Å². The van der Waals surface area contributed by atoms with Gasteiger partial charge in [0, 0.05) is 0 Å². The number of nitrogens with one attached hydrogen (secondary N) is 1. The Morgan fingerprint density at radius 2 is 0.857 bits per heavy atom. The van der Waals surface area contributed by atoms with Crippen molar-refractivity contribution in [3.05, 3.63) is 0 Å². The first-order valence-corrected chi connectivity index (χ1v) is 16.8. The lowest BCUT2D eigenvalue weighted by molar-refractivity contribution is 0.346. The zero-order valence-electron chi connectivity index (χ0n) is 19.8. The van der Waals surface area contributed by atoms with Crippen molar-refractivity contribution in [2.45, 2.75) is 130 Å². The molecule has 0 spiro atoms. The Balaban J connectivity index is 0. The monoisotopic (exact) mass is 447 g/mol. The van der Waals surface area contributed by atoms with E-state index in [1.54, 1.807) is 0 Å². The van der Waals surface area contributed by atoms with Crippen LogP contribution in [0.2, 0.25) is 0 Å². The van der Waals surface area contributed by atoms with Crippen LogP contribution in [0.5, 0.6) is 0 Å². The number of halogens is 2. The maximum atomic E-state index is 4.90. The Morgan fingerprint density at radius 1 is 0.536 bits per heavy atom. The fourth-order valence-corrected chi connectivity index (χ4v) is 3.89. The van der Waals surface area contributed by atoms with Gasteiger partial charge in [-0.25, -0.2) is 0 Å². The van der Waals surface area contributed by atoms with E-state index in [1.807, 2.05) is 0 Å². The van der Waals surface area contributed by atoms with Crippen LogP contribution in [0.3, 0.4) is 0 Å². The largest absolute Gasteiger partial charge is 0.618 e. The van der Waals surface area contributed by atoms with Crippen molar-refractivity contribution in [3.63, 3.8) is 0 Å². The van der Waals surface area contributed by atoms with Crippen LogP contribution in [0, 0.1) is 11.8 Å². The van der Waals surface area contributed by atoms with E-state index < -0.39 is 18.2 Å². The molecule has 0 aromatic heterocycles. The molecule has 1 nitrogen and oxygen atoms in total.